The molecule has 104 valence electrons. The Labute approximate surface area is 111 Å². The maximum Gasteiger partial charge on any atom is 0.305 e. The van der Waals surface area contributed by atoms with Crippen molar-refractivity contribution in [1.82, 2.24) is 5.32 Å². The highest BCUT2D eigenvalue weighted by atomic mass is 16.5. The molecule has 0 radical (unpaired) electrons. The van der Waals surface area contributed by atoms with Crippen molar-refractivity contribution in [2.75, 3.05) is 7.11 Å². The van der Waals surface area contributed by atoms with Crippen LogP contribution in [0.1, 0.15) is 30.1 Å². The number of hydrogen-bond donors (Lipinski definition) is 3. The number of hydrogen-bond acceptors (Lipinski definition) is 4. The molecular formula is C13H17NO5. The van der Waals surface area contributed by atoms with Crippen molar-refractivity contribution in [3.8, 4) is 11.5 Å². The summed E-state index contributed by atoms with van der Waals surface area (Å²) in [4.78, 5) is 22.5. The van der Waals surface area contributed by atoms with Crippen LogP contribution in [0.3, 0.4) is 0 Å². The number of nitrogens with one attached hydrogen (secondary N) is 1. The van der Waals surface area contributed by atoms with E-state index < -0.39 is 17.9 Å². The number of ether oxygens (including phenoxy) is 1. The highest BCUT2D eigenvalue weighted by Gasteiger charge is 2.16. The fourth-order valence-electron chi connectivity index (χ4n) is 1.61. The Balaban J connectivity index is 2.77. The van der Waals surface area contributed by atoms with E-state index in [2.05, 4.69) is 5.32 Å². The summed E-state index contributed by atoms with van der Waals surface area (Å²) in [7, 11) is 1.41. The molecule has 0 fully saturated rings. The Hall–Kier alpha value is -2.24. The van der Waals surface area contributed by atoms with Gasteiger partial charge in [-0.1, -0.05) is 6.92 Å². The minimum Gasteiger partial charge on any atom is -0.504 e. The molecule has 0 aliphatic rings. The van der Waals surface area contributed by atoms with Gasteiger partial charge < -0.3 is 20.3 Å². The van der Waals surface area contributed by atoms with Gasteiger partial charge in [0.15, 0.2) is 11.5 Å². The Morgan fingerprint density at radius 1 is 1.42 bits per heavy atom. The quantitative estimate of drug-likeness (QED) is 0.723. The van der Waals surface area contributed by atoms with Crippen LogP contribution >= 0.6 is 0 Å². The van der Waals surface area contributed by atoms with Crippen molar-refractivity contribution in [3.05, 3.63) is 23.8 Å². The Bertz CT molecular complexity index is 472. The first kappa shape index (κ1) is 14.8. The maximum absolute atomic E-state index is 11.9. The van der Waals surface area contributed by atoms with Gasteiger partial charge in [-0.25, -0.2) is 0 Å². The van der Waals surface area contributed by atoms with Crippen molar-refractivity contribution in [3.63, 3.8) is 0 Å². The predicted molar refractivity (Wildman–Crippen MR) is 68.5 cm³/mol. The van der Waals surface area contributed by atoms with E-state index in [1.807, 2.05) is 0 Å². The van der Waals surface area contributed by atoms with E-state index in [1.165, 1.54) is 25.3 Å². The fourth-order valence-corrected chi connectivity index (χ4v) is 1.61. The number of aliphatic carboxylic acids is 1. The van der Waals surface area contributed by atoms with Gasteiger partial charge in [-0.15, -0.1) is 0 Å². The third kappa shape index (κ3) is 4.17. The van der Waals surface area contributed by atoms with Gasteiger partial charge in [-0.05, 0) is 24.6 Å². The smallest absolute Gasteiger partial charge is 0.305 e. The van der Waals surface area contributed by atoms with E-state index in [0.717, 1.165) is 0 Å². The second-order valence-corrected chi connectivity index (χ2v) is 4.06. The molecule has 1 aromatic rings. The number of rotatable bonds is 6. The van der Waals surface area contributed by atoms with Crippen molar-refractivity contribution in [2.45, 2.75) is 25.8 Å². The normalized spacial score (nSPS) is 11.7. The van der Waals surface area contributed by atoms with Gasteiger partial charge in [-0.3, -0.25) is 9.59 Å². The first-order valence-electron chi connectivity index (χ1n) is 5.87. The van der Waals surface area contributed by atoms with Gasteiger partial charge >= 0.3 is 5.97 Å². The van der Waals surface area contributed by atoms with Crippen molar-refractivity contribution in [2.24, 2.45) is 0 Å². The molecule has 1 rings (SSSR count). The molecule has 0 saturated heterocycles. The molecule has 0 bridgehead atoms. The van der Waals surface area contributed by atoms with Crippen LogP contribution in [0.15, 0.2) is 18.2 Å². The number of carbonyl (C=O) groups is 2. The number of phenolic OH excluding ortho intramolecular Hbond substituents is 1. The lowest BCUT2D eigenvalue weighted by molar-refractivity contribution is -0.137. The average Bonchev–Trinajstić information content (AvgIpc) is 2.37. The van der Waals surface area contributed by atoms with E-state index >= 15 is 0 Å². The first-order chi connectivity index (χ1) is 8.97. The molecule has 0 aliphatic heterocycles. The zero-order valence-electron chi connectivity index (χ0n) is 10.8. The van der Waals surface area contributed by atoms with Gasteiger partial charge in [0, 0.05) is 11.6 Å². The molecule has 0 saturated carbocycles. The van der Waals surface area contributed by atoms with Crippen LogP contribution in [0.5, 0.6) is 11.5 Å². The van der Waals surface area contributed by atoms with Crippen LogP contribution in [0.2, 0.25) is 0 Å². The number of amides is 1. The van der Waals surface area contributed by atoms with Crippen LogP contribution in [-0.2, 0) is 4.79 Å². The van der Waals surface area contributed by atoms with Crippen LogP contribution in [0, 0.1) is 0 Å². The van der Waals surface area contributed by atoms with E-state index in [-0.39, 0.29) is 23.5 Å². The lowest BCUT2D eigenvalue weighted by atomic mass is 10.1. The number of aromatic hydroxyl groups is 1. The standard InChI is InChI=1S/C13H17NO5/c1-3-9(7-12(16)17)14-13(18)8-4-5-11(19-2)10(15)6-8/h4-6,9,15H,3,7H2,1-2H3,(H,14,18)(H,16,17). The molecule has 6 heteroatoms. The molecule has 0 aromatic heterocycles. The molecular weight excluding hydrogens is 250 g/mol. The summed E-state index contributed by atoms with van der Waals surface area (Å²) >= 11 is 0. The summed E-state index contributed by atoms with van der Waals surface area (Å²) in [6.07, 6.45) is 0.380. The lowest BCUT2D eigenvalue weighted by Crippen LogP contribution is -2.35. The molecule has 19 heavy (non-hydrogen) atoms. The fraction of sp³-hybridized carbons (Fsp3) is 0.385. The molecule has 6 nitrogen and oxygen atoms in total. The Kier molecular flexibility index (Phi) is 5.17. The van der Waals surface area contributed by atoms with Crippen LogP contribution < -0.4 is 10.1 Å². The number of carboxylic acids is 1. The van der Waals surface area contributed by atoms with Crippen LogP contribution in [0.4, 0.5) is 0 Å². The second-order valence-electron chi connectivity index (χ2n) is 4.06. The minimum atomic E-state index is -0.968. The van der Waals surface area contributed by atoms with Crippen molar-refractivity contribution < 1.29 is 24.5 Å². The highest BCUT2D eigenvalue weighted by molar-refractivity contribution is 5.95. The number of benzene rings is 1. The molecule has 1 unspecified atom stereocenters. The summed E-state index contributed by atoms with van der Waals surface area (Å²) in [5, 5.41) is 20.9. The lowest BCUT2D eigenvalue weighted by Gasteiger charge is -2.15. The van der Waals surface area contributed by atoms with Gasteiger partial charge in [0.05, 0.1) is 13.5 Å². The summed E-state index contributed by atoms with van der Waals surface area (Å²) in [5.41, 5.74) is 0.252. The molecule has 3 N–H and O–H groups in total. The minimum absolute atomic E-state index is 0.135. The zero-order chi connectivity index (χ0) is 14.4. The summed E-state index contributed by atoms with van der Waals surface area (Å²) < 4.78 is 4.88. The number of carboxylic acid groups (broad SMARTS) is 1. The number of carbonyl (C=O) groups excluding carboxylic acids is 1. The van der Waals surface area contributed by atoms with Gasteiger partial charge in [0.1, 0.15) is 0 Å². The van der Waals surface area contributed by atoms with Crippen LogP contribution in [-0.4, -0.2) is 35.2 Å². The molecule has 0 heterocycles. The predicted octanol–water partition coefficient (Wildman–Crippen LogP) is 1.38. The summed E-state index contributed by atoms with van der Waals surface area (Å²) in [6.45, 7) is 1.79. The maximum atomic E-state index is 11.9. The molecule has 1 amide bonds. The first-order valence-corrected chi connectivity index (χ1v) is 5.87. The van der Waals surface area contributed by atoms with E-state index in [4.69, 9.17) is 9.84 Å². The third-order valence-electron chi connectivity index (χ3n) is 2.69. The van der Waals surface area contributed by atoms with E-state index in [1.54, 1.807) is 6.92 Å². The third-order valence-corrected chi connectivity index (χ3v) is 2.69. The molecule has 1 atom stereocenters. The number of phenols is 1. The van der Waals surface area contributed by atoms with Crippen LogP contribution in [0.25, 0.3) is 0 Å². The highest BCUT2D eigenvalue weighted by Crippen LogP contribution is 2.26. The molecule has 0 aliphatic carbocycles. The van der Waals surface area contributed by atoms with Gasteiger partial charge in [0.25, 0.3) is 5.91 Å². The average molecular weight is 267 g/mol. The summed E-state index contributed by atoms with van der Waals surface area (Å²) in [6, 6.07) is 3.82. The Morgan fingerprint density at radius 2 is 2.11 bits per heavy atom. The van der Waals surface area contributed by atoms with Gasteiger partial charge in [-0.2, -0.15) is 0 Å². The monoisotopic (exact) mass is 267 g/mol. The van der Waals surface area contributed by atoms with Crippen molar-refractivity contribution >= 4 is 11.9 Å². The van der Waals surface area contributed by atoms with Gasteiger partial charge in [0.2, 0.25) is 0 Å². The molecule has 1 aromatic carbocycles. The van der Waals surface area contributed by atoms with Crippen molar-refractivity contribution in [1.29, 1.82) is 0 Å². The topological polar surface area (TPSA) is 95.9 Å². The summed E-state index contributed by atoms with van der Waals surface area (Å²) in [5.74, 6) is -1.26. The van der Waals surface area contributed by atoms with E-state index in [9.17, 15) is 14.7 Å². The second kappa shape index (κ2) is 6.63. The zero-order valence-corrected chi connectivity index (χ0v) is 10.8. The Morgan fingerprint density at radius 3 is 2.58 bits per heavy atom. The largest absolute Gasteiger partial charge is 0.504 e. The SMILES string of the molecule is CCC(CC(=O)O)NC(=O)c1ccc(OC)c(O)c1. The number of methoxy groups -OCH3 is 1. The van der Waals surface area contributed by atoms with E-state index in [0.29, 0.717) is 6.42 Å². The molecule has 0 spiro atoms.